The smallest absolute Gasteiger partial charge is 0.234 e. The van der Waals surface area contributed by atoms with Gasteiger partial charge in [-0.1, -0.05) is 30.3 Å². The molecule has 0 saturated carbocycles. The van der Waals surface area contributed by atoms with E-state index in [1.807, 2.05) is 32.1 Å². The van der Waals surface area contributed by atoms with Crippen molar-refractivity contribution < 1.29 is 14.1 Å². The monoisotopic (exact) mass is 553 g/mol. The molecule has 4 heterocycles. The van der Waals surface area contributed by atoms with Crippen LogP contribution in [0.4, 0.5) is 11.8 Å². The number of carbonyl (C=O) groups is 2. The van der Waals surface area contributed by atoms with Gasteiger partial charge in [0.05, 0.1) is 6.54 Å². The molecule has 2 aromatic rings. The van der Waals surface area contributed by atoms with Gasteiger partial charge in [-0.15, -0.1) is 0 Å². The number of aromatic nitrogens is 2. The van der Waals surface area contributed by atoms with Gasteiger partial charge < -0.3 is 29.9 Å². The Labute approximate surface area is 233 Å². The van der Waals surface area contributed by atoms with Gasteiger partial charge in [0.1, 0.15) is 11.4 Å². The molecule has 0 radical (unpaired) electrons. The lowest BCUT2D eigenvalue weighted by Gasteiger charge is -2.42. The summed E-state index contributed by atoms with van der Waals surface area (Å²) in [5.41, 5.74) is 1.92. The van der Waals surface area contributed by atoms with Crippen LogP contribution >= 0.6 is 0 Å². The number of fused-ring (bicyclic) bond motifs is 1. The van der Waals surface area contributed by atoms with Crippen LogP contribution in [0, 0.1) is 0 Å². The average molecular weight is 554 g/mol. The fourth-order valence-electron chi connectivity index (χ4n) is 5.85. The van der Waals surface area contributed by atoms with Gasteiger partial charge in [0, 0.05) is 57.5 Å². The minimum Gasteiger partial charge on any atom is -0.611 e. The number of rotatable bonds is 8. The molecule has 2 N–H and O–H groups in total. The van der Waals surface area contributed by atoms with Gasteiger partial charge in [0.25, 0.3) is 0 Å². The van der Waals surface area contributed by atoms with E-state index in [9.17, 15) is 14.1 Å². The highest BCUT2D eigenvalue weighted by Gasteiger charge is 2.39. The van der Waals surface area contributed by atoms with E-state index in [1.165, 1.54) is 5.56 Å². The van der Waals surface area contributed by atoms with Crippen LogP contribution in [0.3, 0.4) is 0 Å². The lowest BCUT2D eigenvalue weighted by Crippen LogP contribution is -2.50. The fraction of sp³-hybridized carbons (Fsp3) is 0.571. The Morgan fingerprint density at radius 3 is 2.62 bits per heavy atom. The third-order valence-electron chi connectivity index (χ3n) is 8.12. The lowest BCUT2D eigenvalue weighted by atomic mass is 9.72. The van der Waals surface area contributed by atoms with Crippen LogP contribution in [0.5, 0.6) is 0 Å². The number of nitrogens with one attached hydrogen (secondary N) is 2. The van der Waals surface area contributed by atoms with Gasteiger partial charge in [0.15, 0.2) is 5.82 Å². The molecule has 2 unspecified atom stereocenters. The Morgan fingerprint density at radius 2 is 1.92 bits per heavy atom. The highest BCUT2D eigenvalue weighted by molar-refractivity contribution is 7.91. The van der Waals surface area contributed by atoms with E-state index >= 15 is 0 Å². The largest absolute Gasteiger partial charge is 0.611 e. The van der Waals surface area contributed by atoms with E-state index in [0.717, 1.165) is 42.9 Å². The van der Waals surface area contributed by atoms with Crippen LogP contribution < -0.4 is 15.5 Å². The summed E-state index contributed by atoms with van der Waals surface area (Å²) in [6, 6.07) is 10.5. The molecule has 3 aliphatic heterocycles. The predicted molar refractivity (Wildman–Crippen MR) is 152 cm³/mol. The van der Waals surface area contributed by atoms with Gasteiger partial charge in [-0.3, -0.25) is 9.59 Å². The third-order valence-corrected chi connectivity index (χ3v) is 9.58. The SMILES string of the molecule is CN(C)CC(=O)NCC1(c2ccccc2)CCN(c2nc3c(c(NC4CCC(=O)N(C)C4)n2)[S+]([O-])CC3)CC1. The molecule has 2 atom stereocenters. The maximum atomic E-state index is 12.8. The Kier molecular flexibility index (Phi) is 8.29. The maximum Gasteiger partial charge on any atom is 0.234 e. The van der Waals surface area contributed by atoms with Crippen molar-refractivity contribution in [3.8, 4) is 0 Å². The van der Waals surface area contributed by atoms with E-state index in [0.29, 0.717) is 50.0 Å². The van der Waals surface area contributed by atoms with E-state index in [-0.39, 0.29) is 23.3 Å². The third kappa shape index (κ3) is 6.15. The number of likely N-dealkylation sites (N-methyl/N-ethyl adjacent to an activating group) is 2. The van der Waals surface area contributed by atoms with Crippen molar-refractivity contribution in [3.63, 3.8) is 0 Å². The zero-order chi connectivity index (χ0) is 27.6. The topological polar surface area (TPSA) is 117 Å². The van der Waals surface area contributed by atoms with Crippen molar-refractivity contribution >= 4 is 34.8 Å². The Hall–Kier alpha value is -2.89. The molecule has 11 heteroatoms. The van der Waals surface area contributed by atoms with Crippen LogP contribution in [0.15, 0.2) is 35.2 Å². The van der Waals surface area contributed by atoms with E-state index in [1.54, 1.807) is 4.90 Å². The van der Waals surface area contributed by atoms with Crippen molar-refractivity contribution in [1.82, 2.24) is 25.1 Å². The molecule has 0 bridgehead atoms. The summed E-state index contributed by atoms with van der Waals surface area (Å²) in [6.45, 7) is 3.05. The highest BCUT2D eigenvalue weighted by atomic mass is 32.2. The average Bonchev–Trinajstić information content (AvgIpc) is 3.31. The molecule has 2 amide bonds. The molecule has 5 rings (SSSR count). The summed E-state index contributed by atoms with van der Waals surface area (Å²) >= 11 is -1.12. The number of piperidine rings is 2. The van der Waals surface area contributed by atoms with Crippen LogP contribution in [0.25, 0.3) is 0 Å². The molecule has 210 valence electrons. The zero-order valence-corrected chi connectivity index (χ0v) is 23.9. The number of aryl methyl sites for hydroxylation is 1. The molecule has 0 spiro atoms. The van der Waals surface area contributed by atoms with Crippen LogP contribution in [0.1, 0.15) is 36.9 Å². The first-order chi connectivity index (χ1) is 18.7. The second-order valence-electron chi connectivity index (χ2n) is 11.2. The van der Waals surface area contributed by atoms with Crippen molar-refractivity contribution in [3.05, 3.63) is 41.6 Å². The number of carbonyl (C=O) groups excluding carboxylic acids is 2. The molecular formula is C28H39N7O3S. The predicted octanol–water partition coefficient (Wildman–Crippen LogP) is 1.39. The van der Waals surface area contributed by atoms with Crippen molar-refractivity contribution in [2.75, 3.05) is 69.8 Å². The zero-order valence-electron chi connectivity index (χ0n) is 23.1. The number of nitrogens with zero attached hydrogens (tertiary/aromatic N) is 5. The second-order valence-corrected chi connectivity index (χ2v) is 12.8. The standard InChI is InChI=1S/C28H39N7O3S/c1-33(2)18-23(36)29-19-28(20-7-5-4-6-8-20)12-14-35(15-13-28)27-31-22-11-16-39(38)25(22)26(32-27)30-21-9-10-24(37)34(3)17-21/h4-8,21H,9-19H2,1-3H3,(H,29,36)(H,30,31,32). The van der Waals surface area contributed by atoms with Crippen molar-refractivity contribution in [1.29, 1.82) is 0 Å². The van der Waals surface area contributed by atoms with Crippen LogP contribution in [-0.4, -0.2) is 102 Å². The van der Waals surface area contributed by atoms with Crippen molar-refractivity contribution in [2.45, 2.75) is 48.5 Å². The summed E-state index contributed by atoms with van der Waals surface area (Å²) in [7, 11) is 5.61. The van der Waals surface area contributed by atoms with Gasteiger partial charge in [-0.25, -0.2) is 4.98 Å². The van der Waals surface area contributed by atoms with Crippen molar-refractivity contribution in [2.24, 2.45) is 0 Å². The van der Waals surface area contributed by atoms with Crippen LogP contribution in [-0.2, 0) is 32.6 Å². The molecular weight excluding hydrogens is 514 g/mol. The molecule has 39 heavy (non-hydrogen) atoms. The highest BCUT2D eigenvalue weighted by Crippen LogP contribution is 2.38. The Morgan fingerprint density at radius 1 is 1.18 bits per heavy atom. The van der Waals surface area contributed by atoms with E-state index in [4.69, 9.17) is 9.97 Å². The van der Waals surface area contributed by atoms with Gasteiger partial charge >= 0.3 is 0 Å². The summed E-state index contributed by atoms with van der Waals surface area (Å²) < 4.78 is 12.8. The maximum absolute atomic E-state index is 12.8. The van der Waals surface area contributed by atoms with Gasteiger partial charge in [-0.2, -0.15) is 4.98 Å². The molecule has 0 aliphatic carbocycles. The number of amides is 2. The summed E-state index contributed by atoms with van der Waals surface area (Å²) in [4.78, 5) is 40.8. The molecule has 10 nitrogen and oxygen atoms in total. The van der Waals surface area contributed by atoms with E-state index < -0.39 is 11.2 Å². The fourth-order valence-corrected chi connectivity index (χ4v) is 7.17. The molecule has 2 saturated heterocycles. The van der Waals surface area contributed by atoms with Gasteiger partial charge in [0.2, 0.25) is 22.7 Å². The minimum absolute atomic E-state index is 0.0264. The first-order valence-corrected chi connectivity index (χ1v) is 15.1. The normalized spacial score (nSPS) is 22.6. The number of anilines is 2. The Balaban J connectivity index is 1.34. The summed E-state index contributed by atoms with van der Waals surface area (Å²) in [5, 5.41) is 6.69. The minimum atomic E-state index is -1.12. The quantitative estimate of drug-likeness (QED) is 0.471. The van der Waals surface area contributed by atoms with E-state index in [2.05, 4.69) is 39.8 Å². The molecule has 1 aromatic carbocycles. The Bertz CT molecular complexity index is 1190. The first-order valence-electron chi connectivity index (χ1n) is 13.8. The first kappa shape index (κ1) is 27.7. The lowest BCUT2D eigenvalue weighted by molar-refractivity contribution is -0.132. The van der Waals surface area contributed by atoms with Gasteiger partial charge in [-0.05, 0) is 50.1 Å². The molecule has 2 fully saturated rings. The molecule has 1 aromatic heterocycles. The van der Waals surface area contributed by atoms with Crippen LogP contribution in [0.2, 0.25) is 0 Å². The molecule has 3 aliphatic rings. The number of likely N-dealkylation sites (tertiary alicyclic amines) is 1. The number of hydrogen-bond donors (Lipinski definition) is 2. The number of benzene rings is 1. The number of hydrogen-bond acceptors (Lipinski definition) is 8. The summed E-state index contributed by atoms with van der Waals surface area (Å²) in [5.74, 6) is 2.05. The summed E-state index contributed by atoms with van der Waals surface area (Å²) in [6.07, 6.45) is 3.60. The second kappa shape index (κ2) is 11.7.